The number of rotatable bonds is 6. The van der Waals surface area contributed by atoms with Crippen LogP contribution in [0, 0.1) is 6.92 Å². The van der Waals surface area contributed by atoms with Gasteiger partial charge in [0, 0.05) is 11.4 Å². The highest BCUT2D eigenvalue weighted by atomic mass is 16.5. The molecule has 0 bridgehead atoms. The van der Waals surface area contributed by atoms with Crippen LogP contribution in [0.3, 0.4) is 0 Å². The summed E-state index contributed by atoms with van der Waals surface area (Å²) in [5, 5.41) is 5.94. The highest BCUT2D eigenvalue weighted by Gasteiger charge is 2.10. The molecule has 5 heteroatoms. The monoisotopic (exact) mass is 374 g/mol. The van der Waals surface area contributed by atoms with Gasteiger partial charge in [0.15, 0.2) is 0 Å². The molecule has 0 radical (unpaired) electrons. The Hall–Kier alpha value is -3.60. The van der Waals surface area contributed by atoms with Crippen molar-refractivity contribution in [2.45, 2.75) is 6.92 Å². The molecule has 3 rings (SSSR count). The summed E-state index contributed by atoms with van der Waals surface area (Å²) in [6.07, 6.45) is 0. The third kappa shape index (κ3) is 4.76. The van der Waals surface area contributed by atoms with E-state index in [1.807, 2.05) is 49.4 Å². The lowest BCUT2D eigenvalue weighted by molar-refractivity contribution is -0.114. The fourth-order valence-electron chi connectivity index (χ4n) is 2.79. The molecule has 0 unspecified atom stereocenters. The number of methoxy groups -OCH3 is 1. The normalized spacial score (nSPS) is 10.2. The van der Waals surface area contributed by atoms with Crippen molar-refractivity contribution in [2.24, 2.45) is 0 Å². The van der Waals surface area contributed by atoms with Crippen LogP contribution >= 0.6 is 0 Å². The number of hydrogen-bond acceptors (Lipinski definition) is 4. The molecule has 0 spiro atoms. The largest absolute Gasteiger partial charge is 0.465 e. The zero-order valence-corrected chi connectivity index (χ0v) is 15.9. The van der Waals surface area contributed by atoms with E-state index in [-0.39, 0.29) is 12.5 Å². The fraction of sp³-hybridized carbons (Fsp3) is 0.130. The second-order valence-corrected chi connectivity index (χ2v) is 6.37. The molecule has 1 amide bonds. The van der Waals surface area contributed by atoms with Crippen molar-refractivity contribution in [2.75, 3.05) is 24.3 Å². The van der Waals surface area contributed by atoms with Crippen molar-refractivity contribution in [3.8, 4) is 11.1 Å². The number of esters is 1. The minimum Gasteiger partial charge on any atom is -0.465 e. The van der Waals surface area contributed by atoms with Crippen LogP contribution < -0.4 is 10.6 Å². The second-order valence-electron chi connectivity index (χ2n) is 6.37. The Balaban J connectivity index is 1.59. The number of carbonyl (C=O) groups is 2. The lowest BCUT2D eigenvalue weighted by atomic mass is 10.1. The van der Waals surface area contributed by atoms with Gasteiger partial charge < -0.3 is 15.4 Å². The van der Waals surface area contributed by atoms with Gasteiger partial charge in [0.25, 0.3) is 0 Å². The predicted octanol–water partition coefficient (Wildman–Crippen LogP) is 4.50. The number of nitrogens with one attached hydrogen (secondary N) is 2. The Labute approximate surface area is 164 Å². The number of anilines is 2. The number of ether oxygens (including phenoxy) is 1. The first kappa shape index (κ1) is 19.2. The smallest absolute Gasteiger partial charge is 0.337 e. The van der Waals surface area contributed by atoms with Crippen LogP contribution in [0.15, 0.2) is 72.8 Å². The van der Waals surface area contributed by atoms with Gasteiger partial charge in [-0.15, -0.1) is 0 Å². The third-order valence-electron chi connectivity index (χ3n) is 4.38. The van der Waals surface area contributed by atoms with Crippen LogP contribution in [0.25, 0.3) is 11.1 Å². The van der Waals surface area contributed by atoms with E-state index < -0.39 is 5.97 Å². The molecule has 5 nitrogen and oxygen atoms in total. The van der Waals surface area contributed by atoms with Gasteiger partial charge in [-0.2, -0.15) is 0 Å². The van der Waals surface area contributed by atoms with Gasteiger partial charge in [0.2, 0.25) is 5.91 Å². The average molecular weight is 374 g/mol. The first-order chi connectivity index (χ1) is 13.6. The van der Waals surface area contributed by atoms with E-state index in [2.05, 4.69) is 22.8 Å². The molecule has 0 aromatic heterocycles. The van der Waals surface area contributed by atoms with E-state index in [9.17, 15) is 9.59 Å². The zero-order chi connectivity index (χ0) is 19.9. The van der Waals surface area contributed by atoms with Crippen LogP contribution in [0.5, 0.6) is 0 Å². The highest BCUT2D eigenvalue weighted by molar-refractivity contribution is 5.97. The summed E-state index contributed by atoms with van der Waals surface area (Å²) in [5.41, 5.74) is 4.98. The molecule has 0 heterocycles. The van der Waals surface area contributed by atoms with Gasteiger partial charge in [-0.25, -0.2) is 4.79 Å². The van der Waals surface area contributed by atoms with Gasteiger partial charge >= 0.3 is 5.97 Å². The average Bonchev–Trinajstić information content (AvgIpc) is 2.74. The molecule has 3 aromatic rings. The van der Waals surface area contributed by atoms with Crippen LogP contribution in [0.4, 0.5) is 11.4 Å². The van der Waals surface area contributed by atoms with E-state index in [1.165, 1.54) is 7.11 Å². The summed E-state index contributed by atoms with van der Waals surface area (Å²) in [7, 11) is 1.33. The van der Waals surface area contributed by atoms with Crippen molar-refractivity contribution in [3.63, 3.8) is 0 Å². The second kappa shape index (κ2) is 8.86. The summed E-state index contributed by atoms with van der Waals surface area (Å²) >= 11 is 0. The minimum atomic E-state index is -0.438. The topological polar surface area (TPSA) is 67.4 Å². The lowest BCUT2D eigenvalue weighted by Gasteiger charge is -2.11. The minimum absolute atomic E-state index is 0.118. The Morgan fingerprint density at radius 1 is 0.893 bits per heavy atom. The van der Waals surface area contributed by atoms with E-state index in [1.54, 1.807) is 18.2 Å². The first-order valence-electron chi connectivity index (χ1n) is 8.95. The standard InChI is InChI=1S/C23H22N2O3/c1-16-8-9-19(23(27)28-2)14-21(16)25-22(26)15-24-20-12-10-18(11-13-20)17-6-4-3-5-7-17/h3-14,24H,15H2,1-2H3,(H,25,26). The molecule has 3 aromatic carbocycles. The summed E-state index contributed by atoms with van der Waals surface area (Å²) in [4.78, 5) is 23.9. The van der Waals surface area contributed by atoms with E-state index in [0.29, 0.717) is 11.3 Å². The van der Waals surface area contributed by atoms with Gasteiger partial charge in [-0.05, 0) is 47.9 Å². The molecule has 0 aliphatic heterocycles. The predicted molar refractivity (Wildman–Crippen MR) is 112 cm³/mol. The molecule has 0 atom stereocenters. The third-order valence-corrected chi connectivity index (χ3v) is 4.38. The molecular weight excluding hydrogens is 352 g/mol. The summed E-state index contributed by atoms with van der Waals surface area (Å²) in [5.74, 6) is -0.635. The summed E-state index contributed by atoms with van der Waals surface area (Å²) in [6, 6.07) is 23.1. The van der Waals surface area contributed by atoms with Crippen LogP contribution in [-0.4, -0.2) is 25.5 Å². The Morgan fingerprint density at radius 3 is 2.25 bits per heavy atom. The number of hydrogen-bond donors (Lipinski definition) is 2. The van der Waals surface area contributed by atoms with Crippen LogP contribution in [0.1, 0.15) is 15.9 Å². The van der Waals surface area contributed by atoms with Crippen molar-refractivity contribution < 1.29 is 14.3 Å². The van der Waals surface area contributed by atoms with Gasteiger partial charge in [0.05, 0.1) is 19.2 Å². The molecule has 142 valence electrons. The van der Waals surface area contributed by atoms with E-state index >= 15 is 0 Å². The van der Waals surface area contributed by atoms with Gasteiger partial charge in [-0.1, -0.05) is 48.5 Å². The maximum atomic E-state index is 12.3. The van der Waals surface area contributed by atoms with E-state index in [0.717, 1.165) is 22.4 Å². The van der Waals surface area contributed by atoms with E-state index in [4.69, 9.17) is 4.74 Å². The van der Waals surface area contributed by atoms with Crippen molar-refractivity contribution >= 4 is 23.3 Å². The molecular formula is C23H22N2O3. The SMILES string of the molecule is COC(=O)c1ccc(C)c(NC(=O)CNc2ccc(-c3ccccc3)cc2)c1. The Morgan fingerprint density at radius 2 is 1.57 bits per heavy atom. The van der Waals surface area contributed by atoms with Crippen molar-refractivity contribution in [1.29, 1.82) is 0 Å². The fourth-order valence-corrected chi connectivity index (χ4v) is 2.79. The molecule has 28 heavy (non-hydrogen) atoms. The molecule has 0 saturated heterocycles. The molecule has 0 aliphatic carbocycles. The van der Waals surface area contributed by atoms with Crippen LogP contribution in [0.2, 0.25) is 0 Å². The van der Waals surface area contributed by atoms with Crippen molar-refractivity contribution in [3.05, 3.63) is 83.9 Å². The molecule has 0 aliphatic rings. The number of carbonyl (C=O) groups excluding carboxylic acids is 2. The quantitative estimate of drug-likeness (QED) is 0.624. The number of aryl methyl sites for hydroxylation is 1. The number of benzene rings is 3. The maximum Gasteiger partial charge on any atom is 0.337 e. The summed E-state index contributed by atoms with van der Waals surface area (Å²) in [6.45, 7) is 1.99. The molecule has 0 saturated carbocycles. The summed E-state index contributed by atoms with van der Waals surface area (Å²) < 4.78 is 4.72. The highest BCUT2D eigenvalue weighted by Crippen LogP contribution is 2.21. The number of amides is 1. The van der Waals surface area contributed by atoms with Gasteiger partial charge in [-0.3, -0.25) is 4.79 Å². The molecule has 0 fully saturated rings. The zero-order valence-electron chi connectivity index (χ0n) is 15.9. The lowest BCUT2D eigenvalue weighted by Crippen LogP contribution is -2.22. The van der Waals surface area contributed by atoms with Crippen LogP contribution in [-0.2, 0) is 9.53 Å². The first-order valence-corrected chi connectivity index (χ1v) is 8.95. The Kier molecular flexibility index (Phi) is 6.07. The molecule has 2 N–H and O–H groups in total. The Bertz CT molecular complexity index is 967. The maximum absolute atomic E-state index is 12.3. The van der Waals surface area contributed by atoms with Gasteiger partial charge in [0.1, 0.15) is 0 Å². The van der Waals surface area contributed by atoms with Crippen molar-refractivity contribution in [1.82, 2.24) is 0 Å².